The van der Waals surface area contributed by atoms with Crippen LogP contribution in [0.3, 0.4) is 0 Å². The Labute approximate surface area is 193 Å². The maximum Gasteiger partial charge on any atom is 0.242 e. The third kappa shape index (κ3) is 4.81. The molecule has 1 amide bonds. The molecule has 1 N–H and O–H groups in total. The van der Waals surface area contributed by atoms with Crippen LogP contribution in [-0.4, -0.2) is 61.5 Å². The fourth-order valence-electron chi connectivity index (χ4n) is 3.78. The van der Waals surface area contributed by atoms with Gasteiger partial charge < -0.3 is 19.4 Å². The number of carbonyl (C=O) groups excluding carboxylic acids is 1. The molecule has 0 saturated carbocycles. The summed E-state index contributed by atoms with van der Waals surface area (Å²) in [5.74, 6) is 2.02. The van der Waals surface area contributed by atoms with Gasteiger partial charge in [-0.05, 0) is 37.3 Å². The monoisotopic (exact) mass is 472 g/mol. The van der Waals surface area contributed by atoms with Crippen molar-refractivity contribution in [1.29, 1.82) is 0 Å². The van der Waals surface area contributed by atoms with E-state index in [1.807, 2.05) is 35.8 Å². The van der Waals surface area contributed by atoms with E-state index in [9.17, 15) is 13.2 Å². The molecule has 1 unspecified atom stereocenters. The highest BCUT2D eigenvalue weighted by atomic mass is 32.2. The fraction of sp³-hybridized carbons (Fsp3) is 0.391. The lowest BCUT2D eigenvalue weighted by Crippen LogP contribution is -2.40. The molecule has 0 saturated heterocycles. The molecule has 0 aliphatic carbocycles. The van der Waals surface area contributed by atoms with Gasteiger partial charge in [0.1, 0.15) is 18.5 Å². The quantitative estimate of drug-likeness (QED) is 0.539. The van der Waals surface area contributed by atoms with Crippen molar-refractivity contribution in [2.24, 2.45) is 0 Å². The minimum Gasteiger partial charge on any atom is -0.486 e. The number of aromatic nitrogens is 2. The van der Waals surface area contributed by atoms with Crippen molar-refractivity contribution in [3.8, 4) is 11.5 Å². The molecule has 0 spiro atoms. The van der Waals surface area contributed by atoms with E-state index in [1.165, 1.54) is 18.4 Å². The molecule has 33 heavy (non-hydrogen) atoms. The lowest BCUT2D eigenvalue weighted by Gasteiger charge is -2.26. The van der Waals surface area contributed by atoms with Gasteiger partial charge in [0, 0.05) is 33.5 Å². The normalized spacial score (nSPS) is 15.7. The summed E-state index contributed by atoms with van der Waals surface area (Å²) in [7, 11) is -0.548. The second kappa shape index (κ2) is 9.40. The van der Waals surface area contributed by atoms with Gasteiger partial charge in [-0.2, -0.15) is 0 Å². The standard InChI is InChI=1S/C23H28N4O5S/c1-4-27-19-10-9-17(33(29,30)26(2)3)13-18(19)25-22(27)11-12-23(28)24-14-16-15-31-20-7-5-6-8-21(20)32-16/h5-10,13,16H,4,11-12,14-15H2,1-3H3,(H,24,28). The highest BCUT2D eigenvalue weighted by Gasteiger charge is 2.22. The van der Waals surface area contributed by atoms with Crippen molar-refractivity contribution in [3.05, 3.63) is 48.3 Å². The molecule has 2 aromatic carbocycles. The molecule has 0 fully saturated rings. The van der Waals surface area contributed by atoms with Gasteiger partial charge in [0.2, 0.25) is 15.9 Å². The number of aryl methyl sites for hydroxylation is 2. The molecule has 4 rings (SSSR count). The number of carbonyl (C=O) groups is 1. The van der Waals surface area contributed by atoms with E-state index in [2.05, 4.69) is 10.3 Å². The van der Waals surface area contributed by atoms with Crippen LogP contribution in [0.1, 0.15) is 19.2 Å². The number of para-hydroxylation sites is 2. The van der Waals surface area contributed by atoms with Crippen molar-refractivity contribution >= 4 is 27.0 Å². The molecule has 1 atom stereocenters. The average Bonchev–Trinajstić information content (AvgIpc) is 3.17. The number of hydrogen-bond acceptors (Lipinski definition) is 6. The van der Waals surface area contributed by atoms with Gasteiger partial charge >= 0.3 is 0 Å². The van der Waals surface area contributed by atoms with Gasteiger partial charge in [-0.1, -0.05) is 12.1 Å². The Hall–Kier alpha value is -3.11. The Kier molecular flexibility index (Phi) is 6.57. The summed E-state index contributed by atoms with van der Waals surface area (Å²) in [5, 5.41) is 2.90. The summed E-state index contributed by atoms with van der Waals surface area (Å²) in [5.41, 5.74) is 1.44. The number of rotatable bonds is 8. The van der Waals surface area contributed by atoms with E-state index in [4.69, 9.17) is 9.47 Å². The van der Waals surface area contributed by atoms with Crippen molar-refractivity contribution in [2.45, 2.75) is 37.3 Å². The van der Waals surface area contributed by atoms with Crippen LogP contribution < -0.4 is 14.8 Å². The van der Waals surface area contributed by atoms with Crippen LogP contribution >= 0.6 is 0 Å². The van der Waals surface area contributed by atoms with E-state index in [0.29, 0.717) is 43.1 Å². The van der Waals surface area contributed by atoms with E-state index in [1.54, 1.807) is 18.2 Å². The molecule has 10 heteroatoms. The van der Waals surface area contributed by atoms with Gasteiger partial charge in [-0.25, -0.2) is 17.7 Å². The Balaban J connectivity index is 1.39. The lowest BCUT2D eigenvalue weighted by molar-refractivity contribution is -0.121. The van der Waals surface area contributed by atoms with Crippen molar-refractivity contribution in [1.82, 2.24) is 19.2 Å². The second-order valence-corrected chi connectivity index (χ2v) is 10.2. The number of nitrogens with zero attached hydrogens (tertiary/aromatic N) is 3. The van der Waals surface area contributed by atoms with Gasteiger partial charge in [-0.3, -0.25) is 4.79 Å². The van der Waals surface area contributed by atoms with Crippen LogP contribution in [0.15, 0.2) is 47.4 Å². The molecule has 2 heterocycles. The molecular formula is C23H28N4O5S. The minimum absolute atomic E-state index is 0.108. The Morgan fingerprint density at radius 3 is 2.70 bits per heavy atom. The van der Waals surface area contributed by atoms with Crippen molar-refractivity contribution in [3.63, 3.8) is 0 Å². The molecule has 0 radical (unpaired) electrons. The Morgan fingerprint density at radius 2 is 1.97 bits per heavy atom. The van der Waals surface area contributed by atoms with Crippen LogP contribution in [0.25, 0.3) is 11.0 Å². The predicted octanol–water partition coefficient (Wildman–Crippen LogP) is 2.20. The molecule has 1 aliphatic heterocycles. The fourth-order valence-corrected chi connectivity index (χ4v) is 4.70. The molecule has 1 aliphatic rings. The number of sulfonamides is 1. The summed E-state index contributed by atoms with van der Waals surface area (Å²) < 4.78 is 39.6. The first-order valence-electron chi connectivity index (χ1n) is 10.9. The largest absolute Gasteiger partial charge is 0.486 e. The third-order valence-corrected chi connectivity index (χ3v) is 7.37. The number of hydrogen-bond donors (Lipinski definition) is 1. The Bertz CT molecular complexity index is 1270. The van der Waals surface area contributed by atoms with Gasteiger partial charge in [0.25, 0.3) is 0 Å². The Morgan fingerprint density at radius 1 is 1.21 bits per heavy atom. The number of ether oxygens (including phenoxy) is 2. The first kappa shape index (κ1) is 23.1. The van der Waals surface area contributed by atoms with Crippen LogP contribution in [0.2, 0.25) is 0 Å². The summed E-state index contributed by atoms with van der Waals surface area (Å²) in [6.07, 6.45) is 0.451. The van der Waals surface area contributed by atoms with Gasteiger partial charge in [0.15, 0.2) is 11.5 Å². The third-order valence-electron chi connectivity index (χ3n) is 5.56. The molecule has 176 valence electrons. The smallest absolute Gasteiger partial charge is 0.242 e. The molecule has 1 aromatic heterocycles. The van der Waals surface area contributed by atoms with E-state index >= 15 is 0 Å². The SMILES string of the molecule is CCn1c(CCC(=O)NCC2COc3ccccc3O2)nc2cc(S(=O)(=O)N(C)C)ccc21. The first-order chi connectivity index (χ1) is 15.8. The average molecular weight is 473 g/mol. The molecular weight excluding hydrogens is 444 g/mol. The zero-order chi connectivity index (χ0) is 23.6. The maximum atomic E-state index is 12.5. The topological polar surface area (TPSA) is 103 Å². The van der Waals surface area contributed by atoms with Crippen LogP contribution in [0, 0.1) is 0 Å². The molecule has 0 bridgehead atoms. The van der Waals surface area contributed by atoms with E-state index in [-0.39, 0.29) is 23.3 Å². The summed E-state index contributed by atoms with van der Waals surface area (Å²) >= 11 is 0. The number of imidazole rings is 1. The first-order valence-corrected chi connectivity index (χ1v) is 12.3. The summed E-state index contributed by atoms with van der Waals surface area (Å²) in [6.45, 7) is 3.39. The highest BCUT2D eigenvalue weighted by molar-refractivity contribution is 7.89. The number of amides is 1. The van der Waals surface area contributed by atoms with Gasteiger partial charge in [-0.15, -0.1) is 0 Å². The van der Waals surface area contributed by atoms with Crippen molar-refractivity contribution < 1.29 is 22.7 Å². The number of nitrogens with one attached hydrogen (secondary N) is 1. The van der Waals surface area contributed by atoms with Crippen LogP contribution in [-0.2, 0) is 27.8 Å². The molecule has 9 nitrogen and oxygen atoms in total. The zero-order valence-corrected chi connectivity index (χ0v) is 19.8. The minimum atomic E-state index is -3.54. The maximum absolute atomic E-state index is 12.5. The summed E-state index contributed by atoms with van der Waals surface area (Å²) in [6, 6.07) is 12.4. The second-order valence-electron chi connectivity index (χ2n) is 8.01. The highest BCUT2D eigenvalue weighted by Crippen LogP contribution is 2.30. The van der Waals surface area contributed by atoms with E-state index < -0.39 is 10.0 Å². The number of benzene rings is 2. The predicted molar refractivity (Wildman–Crippen MR) is 124 cm³/mol. The van der Waals surface area contributed by atoms with Crippen LogP contribution in [0.5, 0.6) is 11.5 Å². The molecule has 3 aromatic rings. The zero-order valence-electron chi connectivity index (χ0n) is 18.9. The van der Waals surface area contributed by atoms with E-state index in [0.717, 1.165) is 11.3 Å². The number of fused-ring (bicyclic) bond motifs is 2. The van der Waals surface area contributed by atoms with Gasteiger partial charge in [0.05, 0.1) is 22.5 Å². The summed E-state index contributed by atoms with van der Waals surface area (Å²) in [4.78, 5) is 17.3. The van der Waals surface area contributed by atoms with Crippen molar-refractivity contribution in [2.75, 3.05) is 27.2 Å². The van der Waals surface area contributed by atoms with Crippen LogP contribution in [0.4, 0.5) is 0 Å². The lowest BCUT2D eigenvalue weighted by atomic mass is 10.2.